The number of urea groups is 1. The van der Waals surface area contributed by atoms with Crippen molar-refractivity contribution in [3.05, 3.63) is 65.7 Å². The van der Waals surface area contributed by atoms with E-state index in [2.05, 4.69) is 11.4 Å². The third kappa shape index (κ3) is 4.90. The van der Waals surface area contributed by atoms with Gasteiger partial charge in [-0.05, 0) is 52.2 Å². The topological polar surface area (TPSA) is 60.0 Å². The highest BCUT2D eigenvalue weighted by Gasteiger charge is 2.11. The summed E-state index contributed by atoms with van der Waals surface area (Å²) in [5, 5.41) is 5.15. The van der Waals surface area contributed by atoms with Crippen LogP contribution in [0.25, 0.3) is 10.8 Å². The van der Waals surface area contributed by atoms with Crippen molar-refractivity contribution < 1.29 is 19.0 Å². The molecule has 0 atom stereocenters. The number of rotatable bonds is 7. The lowest BCUT2D eigenvalue weighted by molar-refractivity contribution is 0.206. The lowest BCUT2D eigenvalue weighted by Gasteiger charge is -2.19. The Labute approximate surface area is 171 Å². The van der Waals surface area contributed by atoms with Gasteiger partial charge in [-0.15, -0.1) is 0 Å². The van der Waals surface area contributed by atoms with E-state index in [1.807, 2.05) is 48.5 Å². The van der Waals surface area contributed by atoms with Crippen LogP contribution in [0.3, 0.4) is 0 Å². The average molecular weight is 394 g/mol. The highest BCUT2D eigenvalue weighted by atomic mass is 16.5. The monoisotopic (exact) mass is 394 g/mol. The molecule has 6 nitrogen and oxygen atoms in total. The molecule has 0 radical (unpaired) electrons. The van der Waals surface area contributed by atoms with Crippen LogP contribution in [-0.2, 0) is 13.1 Å². The molecule has 6 heteroatoms. The summed E-state index contributed by atoms with van der Waals surface area (Å²) in [5.74, 6) is 2.13. The maximum absolute atomic E-state index is 12.5. The lowest BCUT2D eigenvalue weighted by atomic mass is 10.1. The molecule has 0 unspecified atom stereocenters. The molecule has 3 aromatic rings. The number of carbonyl (C=O) groups is 1. The average Bonchev–Trinajstić information content (AvgIpc) is 2.76. The number of nitrogens with zero attached hydrogens (tertiary/aromatic N) is 1. The van der Waals surface area contributed by atoms with E-state index in [4.69, 9.17) is 14.2 Å². The Balaban J connectivity index is 1.61. The highest BCUT2D eigenvalue weighted by molar-refractivity contribution is 5.84. The Morgan fingerprint density at radius 1 is 0.828 bits per heavy atom. The lowest BCUT2D eigenvalue weighted by Crippen LogP contribution is -2.36. The van der Waals surface area contributed by atoms with Crippen LogP contribution in [0.15, 0.2) is 54.6 Å². The van der Waals surface area contributed by atoms with Gasteiger partial charge in [0.2, 0.25) is 0 Å². The zero-order valence-electron chi connectivity index (χ0n) is 17.2. The van der Waals surface area contributed by atoms with Gasteiger partial charge in [-0.2, -0.15) is 0 Å². The second-order valence-electron chi connectivity index (χ2n) is 6.75. The number of fused-ring (bicyclic) bond motifs is 1. The number of ether oxygens (including phenoxy) is 3. The number of carbonyl (C=O) groups excluding carboxylic acids is 1. The Hall–Kier alpha value is -3.41. The third-order valence-corrected chi connectivity index (χ3v) is 4.77. The quantitative estimate of drug-likeness (QED) is 0.652. The predicted molar refractivity (Wildman–Crippen MR) is 114 cm³/mol. The smallest absolute Gasteiger partial charge is 0.317 e. The van der Waals surface area contributed by atoms with Crippen molar-refractivity contribution in [1.82, 2.24) is 10.2 Å². The fraction of sp³-hybridized carbons (Fsp3) is 0.261. The Morgan fingerprint density at radius 3 is 2.24 bits per heavy atom. The first-order valence-electron chi connectivity index (χ1n) is 9.30. The number of hydrogen-bond donors (Lipinski definition) is 1. The van der Waals surface area contributed by atoms with Crippen molar-refractivity contribution in [2.24, 2.45) is 0 Å². The van der Waals surface area contributed by atoms with E-state index >= 15 is 0 Å². The standard InChI is InChI=1S/C23H26N2O4/c1-25(15-17-5-7-19-13-20(27-2)9-8-18(19)11-17)23(26)24-14-16-6-10-21(28-3)22(12-16)29-4/h5-13H,14-15H2,1-4H3,(H,24,26). The van der Waals surface area contributed by atoms with Gasteiger partial charge < -0.3 is 24.4 Å². The van der Waals surface area contributed by atoms with Crippen LogP contribution in [-0.4, -0.2) is 39.3 Å². The van der Waals surface area contributed by atoms with E-state index in [1.54, 1.807) is 33.3 Å². The molecule has 0 saturated carbocycles. The molecule has 29 heavy (non-hydrogen) atoms. The van der Waals surface area contributed by atoms with Crippen LogP contribution in [0, 0.1) is 0 Å². The molecule has 0 saturated heterocycles. The Morgan fingerprint density at radius 2 is 1.52 bits per heavy atom. The summed E-state index contributed by atoms with van der Waals surface area (Å²) in [5.41, 5.74) is 2.00. The van der Waals surface area contributed by atoms with Gasteiger partial charge in [-0.1, -0.05) is 24.3 Å². The molecule has 1 N–H and O–H groups in total. The van der Waals surface area contributed by atoms with Gasteiger partial charge >= 0.3 is 6.03 Å². The third-order valence-electron chi connectivity index (χ3n) is 4.77. The molecule has 3 aromatic carbocycles. The van der Waals surface area contributed by atoms with Crippen LogP contribution in [0.5, 0.6) is 17.2 Å². The number of amides is 2. The highest BCUT2D eigenvalue weighted by Crippen LogP contribution is 2.27. The van der Waals surface area contributed by atoms with Crippen LogP contribution < -0.4 is 19.5 Å². The van der Waals surface area contributed by atoms with Gasteiger partial charge in [-0.3, -0.25) is 0 Å². The summed E-state index contributed by atoms with van der Waals surface area (Å²) in [7, 11) is 6.62. The minimum Gasteiger partial charge on any atom is -0.497 e. The normalized spacial score (nSPS) is 10.5. The van der Waals surface area contributed by atoms with E-state index < -0.39 is 0 Å². The summed E-state index contributed by atoms with van der Waals surface area (Å²) in [6.45, 7) is 0.917. The van der Waals surface area contributed by atoms with Gasteiger partial charge in [0.1, 0.15) is 5.75 Å². The molecule has 0 aliphatic carbocycles. The predicted octanol–water partition coefficient (Wildman–Crippen LogP) is 4.21. The zero-order valence-corrected chi connectivity index (χ0v) is 17.2. The molecule has 0 heterocycles. The van der Waals surface area contributed by atoms with Crippen LogP contribution >= 0.6 is 0 Å². The fourth-order valence-corrected chi connectivity index (χ4v) is 3.15. The van der Waals surface area contributed by atoms with E-state index in [9.17, 15) is 4.79 Å². The maximum Gasteiger partial charge on any atom is 0.317 e. The van der Waals surface area contributed by atoms with E-state index in [0.717, 1.165) is 27.6 Å². The van der Waals surface area contributed by atoms with Gasteiger partial charge in [0, 0.05) is 20.1 Å². The van der Waals surface area contributed by atoms with Gasteiger partial charge in [0.15, 0.2) is 11.5 Å². The fourth-order valence-electron chi connectivity index (χ4n) is 3.15. The van der Waals surface area contributed by atoms with Crippen molar-refractivity contribution in [1.29, 1.82) is 0 Å². The molecule has 0 fully saturated rings. The minimum absolute atomic E-state index is 0.144. The molecule has 0 spiro atoms. The largest absolute Gasteiger partial charge is 0.497 e. The van der Waals surface area contributed by atoms with Crippen molar-refractivity contribution in [2.75, 3.05) is 28.4 Å². The van der Waals surface area contributed by atoms with Crippen LogP contribution in [0.1, 0.15) is 11.1 Å². The molecule has 3 rings (SSSR count). The first-order valence-corrected chi connectivity index (χ1v) is 9.30. The molecule has 0 aliphatic heterocycles. The first kappa shape index (κ1) is 20.3. The van der Waals surface area contributed by atoms with Crippen molar-refractivity contribution in [3.8, 4) is 17.2 Å². The van der Waals surface area contributed by atoms with Crippen molar-refractivity contribution in [2.45, 2.75) is 13.1 Å². The van der Waals surface area contributed by atoms with E-state index in [1.165, 1.54) is 0 Å². The molecular formula is C23H26N2O4. The SMILES string of the molecule is COc1ccc2cc(CN(C)C(=O)NCc3ccc(OC)c(OC)c3)ccc2c1. The summed E-state index contributed by atoms with van der Waals surface area (Å²) < 4.78 is 15.8. The first-order chi connectivity index (χ1) is 14.0. The molecule has 0 bridgehead atoms. The molecule has 0 aliphatic rings. The number of nitrogens with one attached hydrogen (secondary N) is 1. The zero-order chi connectivity index (χ0) is 20.8. The summed E-state index contributed by atoms with van der Waals surface area (Å²) in [6, 6.07) is 17.6. The summed E-state index contributed by atoms with van der Waals surface area (Å²) >= 11 is 0. The molecule has 0 aromatic heterocycles. The van der Waals surface area contributed by atoms with Crippen molar-refractivity contribution in [3.63, 3.8) is 0 Å². The number of hydrogen-bond acceptors (Lipinski definition) is 4. The minimum atomic E-state index is -0.144. The molecule has 152 valence electrons. The van der Waals surface area contributed by atoms with E-state index in [-0.39, 0.29) is 6.03 Å². The number of benzene rings is 3. The van der Waals surface area contributed by atoms with Crippen molar-refractivity contribution >= 4 is 16.8 Å². The number of methoxy groups -OCH3 is 3. The van der Waals surface area contributed by atoms with Crippen LogP contribution in [0.2, 0.25) is 0 Å². The van der Waals surface area contributed by atoms with Gasteiger partial charge in [-0.25, -0.2) is 4.79 Å². The molecular weight excluding hydrogens is 368 g/mol. The second-order valence-corrected chi connectivity index (χ2v) is 6.75. The van der Waals surface area contributed by atoms with Crippen LogP contribution in [0.4, 0.5) is 4.79 Å². The second kappa shape index (κ2) is 9.19. The summed E-state index contributed by atoms with van der Waals surface area (Å²) in [4.78, 5) is 14.1. The Bertz CT molecular complexity index is 1000. The Kier molecular flexibility index (Phi) is 6.44. The van der Waals surface area contributed by atoms with Gasteiger partial charge in [0.05, 0.1) is 21.3 Å². The maximum atomic E-state index is 12.5. The molecule has 2 amide bonds. The van der Waals surface area contributed by atoms with E-state index in [0.29, 0.717) is 24.6 Å². The summed E-state index contributed by atoms with van der Waals surface area (Å²) in [6.07, 6.45) is 0. The van der Waals surface area contributed by atoms with Gasteiger partial charge in [0.25, 0.3) is 0 Å².